The number of aromatic hydroxyl groups is 1. The minimum absolute atomic E-state index is 0.0785. The summed E-state index contributed by atoms with van der Waals surface area (Å²) in [7, 11) is 1.48. The van der Waals surface area contributed by atoms with Crippen LogP contribution in [0, 0.1) is 12.3 Å². The molecule has 0 radical (unpaired) electrons. The van der Waals surface area contributed by atoms with E-state index in [4.69, 9.17) is 11.5 Å². The van der Waals surface area contributed by atoms with E-state index in [-0.39, 0.29) is 18.1 Å². The van der Waals surface area contributed by atoms with Gasteiger partial charge in [-0.05, 0) is 0 Å². The number of hydrogen-bond acceptors (Lipinski definition) is 2. The maximum Gasteiger partial charge on any atom is 0.331 e. The molecule has 0 saturated carbocycles. The van der Waals surface area contributed by atoms with Crippen molar-refractivity contribution in [3.05, 3.63) is 16.7 Å². The first-order chi connectivity index (χ1) is 5.16. The zero-order valence-corrected chi connectivity index (χ0v) is 6.11. The lowest BCUT2D eigenvalue weighted by molar-refractivity contribution is 0.429. The van der Waals surface area contributed by atoms with Crippen LogP contribution in [0.4, 0.5) is 0 Å². The molecule has 1 aromatic heterocycles. The Balaban J connectivity index is 3.22. The van der Waals surface area contributed by atoms with Crippen molar-refractivity contribution in [2.75, 3.05) is 0 Å². The highest BCUT2D eigenvalue weighted by Crippen LogP contribution is 2.01. The molecule has 0 amide bonds. The molecular formula is C7H8N2O2. The molecule has 1 heterocycles. The molecule has 0 spiro atoms. The highest BCUT2D eigenvalue weighted by molar-refractivity contribution is 5.05. The topological polar surface area (TPSA) is 47.2 Å². The van der Waals surface area contributed by atoms with Crippen molar-refractivity contribution in [2.45, 2.75) is 6.54 Å². The van der Waals surface area contributed by atoms with Crippen molar-refractivity contribution < 1.29 is 5.11 Å². The first-order valence-electron chi connectivity index (χ1n) is 3.05. The van der Waals surface area contributed by atoms with E-state index < -0.39 is 0 Å². The number of aromatic nitrogens is 2. The molecule has 0 unspecified atom stereocenters. The second-order valence-corrected chi connectivity index (χ2v) is 2.16. The Bertz CT molecular complexity index is 353. The SMILES string of the molecule is C#CCn1cc(O)n(C)c1=O. The molecule has 0 aromatic carbocycles. The third-order valence-electron chi connectivity index (χ3n) is 1.41. The summed E-state index contributed by atoms with van der Waals surface area (Å²) in [5.74, 6) is 2.23. The first kappa shape index (κ1) is 7.48. The summed E-state index contributed by atoms with van der Waals surface area (Å²) < 4.78 is 2.38. The maximum absolute atomic E-state index is 11.0. The summed E-state index contributed by atoms with van der Waals surface area (Å²) in [4.78, 5) is 11.0. The van der Waals surface area contributed by atoms with Gasteiger partial charge in [-0.25, -0.2) is 4.79 Å². The van der Waals surface area contributed by atoms with Crippen LogP contribution in [-0.2, 0) is 13.6 Å². The van der Waals surface area contributed by atoms with Crippen LogP contribution in [-0.4, -0.2) is 14.2 Å². The summed E-state index contributed by atoms with van der Waals surface area (Å²) in [5.41, 5.74) is -0.305. The summed E-state index contributed by atoms with van der Waals surface area (Å²) in [5, 5.41) is 9.02. The highest BCUT2D eigenvalue weighted by Gasteiger charge is 2.03. The van der Waals surface area contributed by atoms with Gasteiger partial charge in [-0.2, -0.15) is 0 Å². The van der Waals surface area contributed by atoms with E-state index in [9.17, 15) is 4.79 Å². The highest BCUT2D eigenvalue weighted by atomic mass is 16.3. The van der Waals surface area contributed by atoms with E-state index in [2.05, 4.69) is 5.92 Å². The fourth-order valence-electron chi connectivity index (χ4n) is 0.783. The third kappa shape index (κ3) is 1.13. The Hall–Kier alpha value is -1.63. The molecule has 0 aliphatic heterocycles. The number of rotatable bonds is 1. The fraction of sp³-hybridized carbons (Fsp3) is 0.286. The van der Waals surface area contributed by atoms with Gasteiger partial charge < -0.3 is 5.11 Å². The van der Waals surface area contributed by atoms with Gasteiger partial charge in [-0.1, -0.05) is 5.92 Å². The quantitative estimate of drug-likeness (QED) is 0.553. The van der Waals surface area contributed by atoms with Gasteiger partial charge in [0, 0.05) is 7.05 Å². The Morgan fingerprint density at radius 1 is 1.82 bits per heavy atom. The van der Waals surface area contributed by atoms with Crippen LogP contribution >= 0.6 is 0 Å². The molecular weight excluding hydrogens is 144 g/mol. The van der Waals surface area contributed by atoms with Gasteiger partial charge in [0.25, 0.3) is 0 Å². The van der Waals surface area contributed by atoms with Crippen molar-refractivity contribution in [2.24, 2.45) is 7.05 Å². The molecule has 0 fully saturated rings. The Kier molecular flexibility index (Phi) is 1.73. The standard InChI is InChI=1S/C7H8N2O2/c1-3-4-9-5-6(10)8(2)7(9)11/h1,5,10H,4H2,2H3. The molecule has 11 heavy (non-hydrogen) atoms. The molecule has 0 aliphatic rings. The van der Waals surface area contributed by atoms with Gasteiger partial charge in [0.2, 0.25) is 5.88 Å². The Labute approximate surface area is 63.7 Å². The molecule has 4 nitrogen and oxygen atoms in total. The first-order valence-corrected chi connectivity index (χ1v) is 3.05. The van der Waals surface area contributed by atoms with Crippen molar-refractivity contribution in [1.82, 2.24) is 9.13 Å². The van der Waals surface area contributed by atoms with Crippen LogP contribution in [0.5, 0.6) is 5.88 Å². The van der Waals surface area contributed by atoms with E-state index in [0.29, 0.717) is 0 Å². The Morgan fingerprint density at radius 2 is 2.45 bits per heavy atom. The van der Waals surface area contributed by atoms with E-state index in [1.807, 2.05) is 0 Å². The smallest absolute Gasteiger partial charge is 0.331 e. The second kappa shape index (κ2) is 2.54. The average Bonchev–Trinajstić information content (AvgIpc) is 2.19. The number of terminal acetylenes is 1. The summed E-state index contributed by atoms with van der Waals surface area (Å²) in [6, 6.07) is 0. The van der Waals surface area contributed by atoms with Crippen LogP contribution in [0.15, 0.2) is 11.0 Å². The Morgan fingerprint density at radius 3 is 2.82 bits per heavy atom. The lowest BCUT2D eigenvalue weighted by Gasteiger charge is -1.88. The van der Waals surface area contributed by atoms with Gasteiger partial charge in [0.1, 0.15) is 0 Å². The van der Waals surface area contributed by atoms with E-state index in [1.165, 1.54) is 17.8 Å². The minimum Gasteiger partial charge on any atom is -0.493 e. The predicted octanol–water partition coefficient (Wildman–Crippen LogP) is -0.474. The summed E-state index contributed by atoms with van der Waals surface area (Å²) >= 11 is 0. The van der Waals surface area contributed by atoms with Crippen LogP contribution in [0.1, 0.15) is 0 Å². The zero-order valence-electron chi connectivity index (χ0n) is 6.11. The van der Waals surface area contributed by atoms with Crippen molar-refractivity contribution in [3.63, 3.8) is 0 Å². The largest absolute Gasteiger partial charge is 0.493 e. The van der Waals surface area contributed by atoms with Gasteiger partial charge in [-0.3, -0.25) is 9.13 Å². The second-order valence-electron chi connectivity index (χ2n) is 2.16. The lowest BCUT2D eigenvalue weighted by atomic mass is 10.6. The van der Waals surface area contributed by atoms with Crippen LogP contribution < -0.4 is 5.69 Å². The third-order valence-corrected chi connectivity index (χ3v) is 1.41. The fourth-order valence-corrected chi connectivity index (χ4v) is 0.783. The molecule has 1 aromatic rings. The zero-order chi connectivity index (χ0) is 8.43. The van der Waals surface area contributed by atoms with Crippen molar-refractivity contribution in [1.29, 1.82) is 0 Å². The molecule has 0 aliphatic carbocycles. The molecule has 0 saturated heterocycles. The van der Waals surface area contributed by atoms with Gasteiger partial charge in [0.05, 0.1) is 12.7 Å². The van der Waals surface area contributed by atoms with Crippen molar-refractivity contribution in [3.8, 4) is 18.2 Å². The van der Waals surface area contributed by atoms with E-state index >= 15 is 0 Å². The van der Waals surface area contributed by atoms with Crippen molar-refractivity contribution >= 4 is 0 Å². The van der Waals surface area contributed by atoms with E-state index in [1.54, 1.807) is 0 Å². The average molecular weight is 152 g/mol. The normalized spacial score (nSPS) is 9.45. The van der Waals surface area contributed by atoms with Crippen LogP contribution in [0.3, 0.4) is 0 Å². The van der Waals surface area contributed by atoms with Gasteiger partial charge in [-0.15, -0.1) is 6.42 Å². The summed E-state index contributed by atoms with van der Waals surface area (Å²) in [6.45, 7) is 0.188. The molecule has 1 rings (SSSR count). The molecule has 0 bridgehead atoms. The van der Waals surface area contributed by atoms with Gasteiger partial charge in [0.15, 0.2) is 0 Å². The monoisotopic (exact) mass is 152 g/mol. The molecule has 4 heteroatoms. The predicted molar refractivity (Wildman–Crippen MR) is 40.2 cm³/mol. The molecule has 0 atom stereocenters. The van der Waals surface area contributed by atoms with E-state index in [0.717, 1.165) is 4.57 Å². The number of nitrogens with zero attached hydrogens (tertiary/aromatic N) is 2. The molecule has 58 valence electrons. The van der Waals surface area contributed by atoms with Gasteiger partial charge >= 0.3 is 5.69 Å². The maximum atomic E-state index is 11.0. The van der Waals surface area contributed by atoms with Crippen LogP contribution in [0.25, 0.3) is 0 Å². The number of hydrogen-bond donors (Lipinski definition) is 1. The van der Waals surface area contributed by atoms with Crippen LogP contribution in [0.2, 0.25) is 0 Å². The minimum atomic E-state index is -0.305. The lowest BCUT2D eigenvalue weighted by Crippen LogP contribution is -2.21. The molecule has 1 N–H and O–H groups in total. The number of imidazole rings is 1. The summed E-state index contributed by atoms with van der Waals surface area (Å²) in [6.07, 6.45) is 6.30.